The zero-order valence-corrected chi connectivity index (χ0v) is 23.7. The van der Waals surface area contributed by atoms with E-state index in [0.717, 1.165) is 47.3 Å². The van der Waals surface area contributed by atoms with Gasteiger partial charge in [-0.25, -0.2) is 0 Å². The standard InChI is InChI=1S/C38H32N2O3/c39-31-11-19-35(20-12-31)42-37-5-1-3-29(25-37)23-27-7-15-33(16-8-27)41-34-17-9-28(10-18-34)24-30-4-2-6-38(26-30)43-36-21-13-32(40)14-22-36/h1-22,25-26H,23-24,39-40H2. The lowest BCUT2D eigenvalue weighted by Gasteiger charge is -2.10. The Kier molecular flexibility index (Phi) is 8.23. The number of rotatable bonds is 10. The minimum absolute atomic E-state index is 0.713. The summed E-state index contributed by atoms with van der Waals surface area (Å²) < 4.78 is 18.1. The van der Waals surface area contributed by atoms with Crippen LogP contribution in [0.1, 0.15) is 22.3 Å². The van der Waals surface area contributed by atoms with Crippen molar-refractivity contribution in [1.29, 1.82) is 0 Å². The van der Waals surface area contributed by atoms with Crippen LogP contribution in [0.15, 0.2) is 146 Å². The summed E-state index contributed by atoms with van der Waals surface area (Å²) in [5, 5.41) is 0. The maximum Gasteiger partial charge on any atom is 0.127 e. The molecule has 0 fully saturated rings. The molecule has 0 unspecified atom stereocenters. The average Bonchev–Trinajstić information content (AvgIpc) is 3.02. The van der Waals surface area contributed by atoms with Gasteiger partial charge in [0.15, 0.2) is 0 Å². The Morgan fingerprint density at radius 3 is 1.02 bits per heavy atom. The summed E-state index contributed by atoms with van der Waals surface area (Å²) in [4.78, 5) is 0. The molecule has 0 saturated heterocycles. The Hall–Kier alpha value is -5.68. The van der Waals surface area contributed by atoms with E-state index in [4.69, 9.17) is 25.7 Å². The van der Waals surface area contributed by atoms with E-state index in [9.17, 15) is 0 Å². The summed E-state index contributed by atoms with van der Waals surface area (Å²) in [5.41, 5.74) is 17.7. The molecule has 212 valence electrons. The first-order chi connectivity index (χ1) is 21.0. The Bertz CT molecular complexity index is 1650. The van der Waals surface area contributed by atoms with Gasteiger partial charge in [0.25, 0.3) is 0 Å². The normalized spacial score (nSPS) is 10.7. The van der Waals surface area contributed by atoms with Crippen molar-refractivity contribution >= 4 is 11.4 Å². The molecule has 43 heavy (non-hydrogen) atoms. The third kappa shape index (κ3) is 7.75. The Labute approximate surface area is 251 Å². The van der Waals surface area contributed by atoms with E-state index >= 15 is 0 Å². The molecule has 6 rings (SSSR count). The van der Waals surface area contributed by atoms with Crippen molar-refractivity contribution in [3.63, 3.8) is 0 Å². The number of nitrogen functional groups attached to an aromatic ring is 2. The lowest BCUT2D eigenvalue weighted by atomic mass is 10.0. The molecule has 0 aliphatic heterocycles. The molecule has 0 atom stereocenters. The number of hydrogen-bond acceptors (Lipinski definition) is 5. The van der Waals surface area contributed by atoms with Crippen molar-refractivity contribution in [2.45, 2.75) is 12.8 Å². The van der Waals surface area contributed by atoms with E-state index in [1.54, 1.807) is 0 Å². The second-order valence-electron chi connectivity index (χ2n) is 10.4. The molecule has 0 amide bonds. The lowest BCUT2D eigenvalue weighted by molar-refractivity contribution is 0.481. The zero-order chi connectivity index (χ0) is 29.4. The summed E-state index contributed by atoms with van der Waals surface area (Å²) in [7, 11) is 0. The fourth-order valence-electron chi connectivity index (χ4n) is 4.74. The largest absolute Gasteiger partial charge is 0.457 e. The van der Waals surface area contributed by atoms with Crippen molar-refractivity contribution in [2.24, 2.45) is 0 Å². The molecule has 0 aromatic heterocycles. The molecule has 4 N–H and O–H groups in total. The number of hydrogen-bond donors (Lipinski definition) is 2. The SMILES string of the molecule is Nc1ccc(Oc2cccc(Cc3ccc(Oc4ccc(Cc5cccc(Oc6ccc(N)cc6)c5)cc4)cc3)c2)cc1. The highest BCUT2D eigenvalue weighted by Gasteiger charge is 2.05. The molecule has 0 heterocycles. The predicted molar refractivity (Wildman–Crippen MR) is 173 cm³/mol. The molecular formula is C38H32N2O3. The monoisotopic (exact) mass is 564 g/mol. The third-order valence-corrected chi connectivity index (χ3v) is 6.93. The van der Waals surface area contributed by atoms with Gasteiger partial charge in [0.05, 0.1) is 0 Å². The second-order valence-corrected chi connectivity index (χ2v) is 10.4. The fourth-order valence-corrected chi connectivity index (χ4v) is 4.74. The smallest absolute Gasteiger partial charge is 0.127 e. The number of anilines is 2. The summed E-state index contributed by atoms with van der Waals surface area (Å²) >= 11 is 0. The zero-order valence-electron chi connectivity index (χ0n) is 23.7. The topological polar surface area (TPSA) is 79.7 Å². The van der Waals surface area contributed by atoms with Crippen LogP contribution in [0.5, 0.6) is 34.5 Å². The highest BCUT2D eigenvalue weighted by Crippen LogP contribution is 2.27. The van der Waals surface area contributed by atoms with E-state index in [1.165, 1.54) is 22.3 Å². The summed E-state index contributed by atoms with van der Waals surface area (Å²) in [5.74, 6) is 4.70. The van der Waals surface area contributed by atoms with Gasteiger partial charge in [-0.3, -0.25) is 0 Å². The molecule has 6 aromatic carbocycles. The molecule has 6 aromatic rings. The summed E-state index contributed by atoms with van der Waals surface area (Å²) in [6.45, 7) is 0. The van der Waals surface area contributed by atoms with Crippen molar-refractivity contribution in [2.75, 3.05) is 11.5 Å². The van der Waals surface area contributed by atoms with Gasteiger partial charge < -0.3 is 25.7 Å². The van der Waals surface area contributed by atoms with Crippen molar-refractivity contribution in [3.8, 4) is 34.5 Å². The van der Waals surface area contributed by atoms with Gasteiger partial charge in [0, 0.05) is 11.4 Å². The van der Waals surface area contributed by atoms with Crippen LogP contribution in [0.3, 0.4) is 0 Å². The highest BCUT2D eigenvalue weighted by atomic mass is 16.5. The van der Waals surface area contributed by atoms with Crippen molar-refractivity contribution in [3.05, 3.63) is 168 Å². The van der Waals surface area contributed by atoms with E-state index in [-0.39, 0.29) is 0 Å². The molecular weight excluding hydrogens is 532 g/mol. The van der Waals surface area contributed by atoms with Gasteiger partial charge in [0.2, 0.25) is 0 Å². The minimum Gasteiger partial charge on any atom is -0.457 e. The van der Waals surface area contributed by atoms with Gasteiger partial charge in [0.1, 0.15) is 34.5 Å². The Balaban J connectivity index is 1.03. The molecule has 5 nitrogen and oxygen atoms in total. The van der Waals surface area contributed by atoms with Gasteiger partial charge >= 0.3 is 0 Å². The lowest BCUT2D eigenvalue weighted by Crippen LogP contribution is -1.92. The molecule has 0 spiro atoms. The van der Waals surface area contributed by atoms with Crippen LogP contribution in [0.4, 0.5) is 11.4 Å². The number of benzene rings is 6. The summed E-state index contributed by atoms with van der Waals surface area (Å²) in [6, 6.07) is 47.4. The van der Waals surface area contributed by atoms with Crippen LogP contribution in [0.2, 0.25) is 0 Å². The van der Waals surface area contributed by atoms with Crippen LogP contribution in [-0.4, -0.2) is 0 Å². The van der Waals surface area contributed by atoms with E-state index in [2.05, 4.69) is 48.5 Å². The Morgan fingerprint density at radius 1 is 0.326 bits per heavy atom. The molecule has 0 radical (unpaired) electrons. The maximum atomic E-state index is 6.12. The fraction of sp³-hybridized carbons (Fsp3) is 0.0526. The van der Waals surface area contributed by atoms with Crippen LogP contribution in [0.25, 0.3) is 0 Å². The second kappa shape index (κ2) is 12.9. The predicted octanol–water partition coefficient (Wildman–Crippen LogP) is 9.41. The number of nitrogens with two attached hydrogens (primary N) is 2. The van der Waals surface area contributed by atoms with Gasteiger partial charge in [-0.1, -0.05) is 48.5 Å². The minimum atomic E-state index is 0.713. The van der Waals surface area contributed by atoms with Gasteiger partial charge in [-0.15, -0.1) is 0 Å². The molecule has 0 bridgehead atoms. The Morgan fingerprint density at radius 2 is 0.651 bits per heavy atom. The first kappa shape index (κ1) is 27.5. The van der Waals surface area contributed by atoms with Crippen molar-refractivity contribution < 1.29 is 14.2 Å². The van der Waals surface area contributed by atoms with Gasteiger partial charge in [-0.05, 0) is 132 Å². The van der Waals surface area contributed by atoms with E-state index < -0.39 is 0 Å². The third-order valence-electron chi connectivity index (χ3n) is 6.93. The number of ether oxygens (including phenoxy) is 3. The highest BCUT2D eigenvalue weighted by molar-refractivity contribution is 5.45. The first-order valence-corrected chi connectivity index (χ1v) is 14.1. The summed E-state index contributed by atoms with van der Waals surface area (Å²) in [6.07, 6.45) is 1.58. The molecule has 0 aliphatic rings. The maximum absolute atomic E-state index is 6.12. The quantitative estimate of drug-likeness (QED) is 0.162. The van der Waals surface area contributed by atoms with Crippen LogP contribution >= 0.6 is 0 Å². The van der Waals surface area contributed by atoms with E-state index in [1.807, 2.05) is 97.1 Å². The first-order valence-electron chi connectivity index (χ1n) is 14.1. The van der Waals surface area contributed by atoms with Crippen LogP contribution in [0, 0.1) is 0 Å². The van der Waals surface area contributed by atoms with Crippen LogP contribution < -0.4 is 25.7 Å². The molecule has 0 aliphatic carbocycles. The molecule has 0 saturated carbocycles. The van der Waals surface area contributed by atoms with E-state index in [0.29, 0.717) is 11.4 Å². The molecule has 5 heteroatoms. The average molecular weight is 565 g/mol. The van der Waals surface area contributed by atoms with Crippen molar-refractivity contribution in [1.82, 2.24) is 0 Å². The van der Waals surface area contributed by atoms with Crippen LogP contribution in [-0.2, 0) is 12.8 Å². The van der Waals surface area contributed by atoms with Gasteiger partial charge in [-0.2, -0.15) is 0 Å².